The van der Waals surface area contributed by atoms with E-state index in [1.165, 1.54) is 0 Å². The molecule has 1 aliphatic rings. The van der Waals surface area contributed by atoms with E-state index < -0.39 is 12.2 Å². The summed E-state index contributed by atoms with van der Waals surface area (Å²) in [6.45, 7) is 3.72. The Balaban J connectivity index is 2.50. The number of aliphatic hydroxyl groups excluding tert-OH is 2. The Bertz CT molecular complexity index is 322. The zero-order valence-corrected chi connectivity index (χ0v) is 13.0. The summed E-state index contributed by atoms with van der Waals surface area (Å²) in [5.41, 5.74) is -0.272. The van der Waals surface area contributed by atoms with Crippen LogP contribution in [0.15, 0.2) is 0 Å². The molecule has 0 aromatic heterocycles. The molecule has 21 heavy (non-hydrogen) atoms. The van der Waals surface area contributed by atoms with Crippen LogP contribution in [-0.2, 0) is 9.59 Å². The molecule has 1 rings (SSSR count). The number of hydrogen-bond acceptors (Lipinski definition) is 4. The summed E-state index contributed by atoms with van der Waals surface area (Å²) < 4.78 is 0. The first-order valence-corrected chi connectivity index (χ1v) is 7.72. The molecular formula is C15H28N2O4. The average molecular weight is 300 g/mol. The predicted octanol–water partition coefficient (Wildman–Crippen LogP) is 0.321. The molecule has 0 heterocycles. The number of nitrogens with one attached hydrogen (secondary N) is 2. The Morgan fingerprint density at radius 1 is 0.952 bits per heavy atom. The van der Waals surface area contributed by atoms with Crippen LogP contribution in [0.5, 0.6) is 0 Å². The van der Waals surface area contributed by atoms with Crippen molar-refractivity contribution in [2.24, 2.45) is 5.41 Å². The molecule has 6 heteroatoms. The standard InChI is InChI=1S/C15H28N2O4/c1-11(18)9-16-13(20)7-15(5-3-4-6-15)8-14(21)17-10-12(2)19/h11-12,18-19H,3-10H2,1-2H3,(H,16,20)(H,17,21). The van der Waals surface area contributed by atoms with Crippen molar-refractivity contribution in [3.8, 4) is 0 Å². The molecule has 4 N–H and O–H groups in total. The Morgan fingerprint density at radius 2 is 1.33 bits per heavy atom. The molecule has 1 fully saturated rings. The van der Waals surface area contributed by atoms with Gasteiger partial charge >= 0.3 is 0 Å². The first-order valence-electron chi connectivity index (χ1n) is 7.72. The van der Waals surface area contributed by atoms with Gasteiger partial charge in [-0.2, -0.15) is 0 Å². The van der Waals surface area contributed by atoms with E-state index in [1.54, 1.807) is 13.8 Å². The second kappa shape index (κ2) is 8.34. The van der Waals surface area contributed by atoms with Crippen molar-refractivity contribution < 1.29 is 19.8 Å². The Kier molecular flexibility index (Phi) is 7.11. The maximum absolute atomic E-state index is 12.0. The third-order valence-corrected chi connectivity index (χ3v) is 3.92. The van der Waals surface area contributed by atoms with E-state index in [1.807, 2.05) is 0 Å². The summed E-state index contributed by atoms with van der Waals surface area (Å²) in [6, 6.07) is 0. The number of carbonyl (C=O) groups excluding carboxylic acids is 2. The van der Waals surface area contributed by atoms with Crippen LogP contribution >= 0.6 is 0 Å². The van der Waals surface area contributed by atoms with Gasteiger partial charge in [0, 0.05) is 25.9 Å². The molecule has 2 unspecified atom stereocenters. The zero-order chi connectivity index (χ0) is 15.9. The fraction of sp³-hybridized carbons (Fsp3) is 0.867. The van der Waals surface area contributed by atoms with Gasteiger partial charge in [0.15, 0.2) is 0 Å². The van der Waals surface area contributed by atoms with E-state index in [9.17, 15) is 19.8 Å². The van der Waals surface area contributed by atoms with Gasteiger partial charge in [-0.1, -0.05) is 12.8 Å². The van der Waals surface area contributed by atoms with Gasteiger partial charge < -0.3 is 20.8 Å². The highest BCUT2D eigenvalue weighted by atomic mass is 16.3. The lowest BCUT2D eigenvalue weighted by Gasteiger charge is -2.28. The molecule has 0 aromatic carbocycles. The van der Waals surface area contributed by atoms with Crippen LogP contribution in [0.3, 0.4) is 0 Å². The number of carbonyl (C=O) groups is 2. The first kappa shape index (κ1) is 17.9. The van der Waals surface area contributed by atoms with Crippen LogP contribution in [0.2, 0.25) is 0 Å². The summed E-state index contributed by atoms with van der Waals surface area (Å²) in [7, 11) is 0. The van der Waals surface area contributed by atoms with Gasteiger partial charge in [-0.25, -0.2) is 0 Å². The summed E-state index contributed by atoms with van der Waals surface area (Å²) in [5, 5.41) is 23.8. The quantitative estimate of drug-likeness (QED) is 0.519. The van der Waals surface area contributed by atoms with E-state index in [-0.39, 0.29) is 30.3 Å². The van der Waals surface area contributed by atoms with E-state index in [4.69, 9.17) is 0 Å². The highest BCUT2D eigenvalue weighted by molar-refractivity contribution is 5.80. The molecule has 2 atom stereocenters. The minimum absolute atomic E-state index is 0.110. The third kappa shape index (κ3) is 6.91. The molecular weight excluding hydrogens is 272 g/mol. The second-order valence-electron chi connectivity index (χ2n) is 6.37. The van der Waals surface area contributed by atoms with Gasteiger partial charge in [0.25, 0.3) is 0 Å². The molecule has 2 amide bonds. The van der Waals surface area contributed by atoms with Gasteiger partial charge in [-0.3, -0.25) is 9.59 Å². The number of amides is 2. The van der Waals surface area contributed by atoms with E-state index in [0.717, 1.165) is 25.7 Å². The van der Waals surface area contributed by atoms with Gasteiger partial charge in [-0.15, -0.1) is 0 Å². The Morgan fingerprint density at radius 3 is 1.67 bits per heavy atom. The lowest BCUT2D eigenvalue weighted by molar-refractivity contribution is -0.127. The van der Waals surface area contributed by atoms with Crippen molar-refractivity contribution in [1.29, 1.82) is 0 Å². The summed E-state index contributed by atoms with van der Waals surface area (Å²) in [4.78, 5) is 23.9. The molecule has 1 saturated carbocycles. The van der Waals surface area contributed by atoms with Crippen LogP contribution in [0.4, 0.5) is 0 Å². The summed E-state index contributed by atoms with van der Waals surface area (Å²) in [5.74, 6) is -0.220. The average Bonchev–Trinajstić information content (AvgIpc) is 2.82. The van der Waals surface area contributed by atoms with Crippen LogP contribution < -0.4 is 10.6 Å². The smallest absolute Gasteiger partial charge is 0.220 e. The molecule has 0 bridgehead atoms. The topological polar surface area (TPSA) is 98.7 Å². The van der Waals surface area contributed by atoms with Crippen molar-refractivity contribution in [2.75, 3.05) is 13.1 Å². The molecule has 6 nitrogen and oxygen atoms in total. The van der Waals surface area contributed by atoms with Crippen LogP contribution in [-0.4, -0.2) is 47.3 Å². The second-order valence-corrected chi connectivity index (χ2v) is 6.37. The van der Waals surface area contributed by atoms with E-state index >= 15 is 0 Å². The Labute approximate surface area is 126 Å². The van der Waals surface area contributed by atoms with Crippen molar-refractivity contribution in [2.45, 2.75) is 64.6 Å². The SMILES string of the molecule is CC(O)CNC(=O)CC1(CC(=O)NCC(C)O)CCCC1. The fourth-order valence-electron chi connectivity index (χ4n) is 2.87. The van der Waals surface area contributed by atoms with Crippen LogP contribution in [0, 0.1) is 5.41 Å². The highest BCUT2D eigenvalue weighted by Crippen LogP contribution is 2.43. The minimum Gasteiger partial charge on any atom is -0.392 e. The molecule has 1 aliphatic carbocycles. The lowest BCUT2D eigenvalue weighted by Crippen LogP contribution is -2.38. The minimum atomic E-state index is -0.567. The number of hydrogen-bond donors (Lipinski definition) is 4. The molecule has 0 spiro atoms. The van der Waals surface area contributed by atoms with Gasteiger partial charge in [0.1, 0.15) is 0 Å². The monoisotopic (exact) mass is 300 g/mol. The molecule has 0 radical (unpaired) electrons. The maximum atomic E-state index is 12.0. The Hall–Kier alpha value is -1.14. The van der Waals surface area contributed by atoms with E-state index in [2.05, 4.69) is 10.6 Å². The highest BCUT2D eigenvalue weighted by Gasteiger charge is 2.37. The molecule has 0 aliphatic heterocycles. The number of aliphatic hydroxyl groups is 2. The van der Waals surface area contributed by atoms with Crippen LogP contribution in [0.25, 0.3) is 0 Å². The largest absolute Gasteiger partial charge is 0.392 e. The van der Waals surface area contributed by atoms with Crippen LogP contribution in [0.1, 0.15) is 52.4 Å². The van der Waals surface area contributed by atoms with Crippen molar-refractivity contribution in [1.82, 2.24) is 10.6 Å². The van der Waals surface area contributed by atoms with Crippen molar-refractivity contribution >= 4 is 11.8 Å². The van der Waals surface area contributed by atoms with Crippen molar-refractivity contribution in [3.05, 3.63) is 0 Å². The molecule has 122 valence electrons. The summed E-state index contributed by atoms with van der Waals surface area (Å²) in [6.07, 6.45) is 3.32. The zero-order valence-electron chi connectivity index (χ0n) is 13.0. The normalized spacial score (nSPS) is 19.8. The maximum Gasteiger partial charge on any atom is 0.220 e. The van der Waals surface area contributed by atoms with Gasteiger partial charge in [0.2, 0.25) is 11.8 Å². The van der Waals surface area contributed by atoms with Gasteiger partial charge in [-0.05, 0) is 32.1 Å². The fourth-order valence-corrected chi connectivity index (χ4v) is 2.87. The number of rotatable bonds is 8. The molecule has 0 saturated heterocycles. The lowest BCUT2D eigenvalue weighted by atomic mass is 9.79. The molecule has 0 aromatic rings. The van der Waals surface area contributed by atoms with Gasteiger partial charge in [0.05, 0.1) is 12.2 Å². The predicted molar refractivity (Wildman–Crippen MR) is 79.5 cm³/mol. The summed E-state index contributed by atoms with van der Waals surface area (Å²) >= 11 is 0. The first-order chi connectivity index (χ1) is 9.83. The van der Waals surface area contributed by atoms with E-state index in [0.29, 0.717) is 12.8 Å². The van der Waals surface area contributed by atoms with Crippen molar-refractivity contribution in [3.63, 3.8) is 0 Å². The third-order valence-electron chi connectivity index (χ3n) is 3.92.